The summed E-state index contributed by atoms with van der Waals surface area (Å²) < 4.78 is 96.8. The molecule has 0 bridgehead atoms. The molecule has 0 amide bonds. The number of nitrogens with one attached hydrogen (secondary N) is 1. The normalized spacial score (nSPS) is 14.9. The Bertz CT molecular complexity index is 979. The summed E-state index contributed by atoms with van der Waals surface area (Å²) in [4.78, 5) is 12.3. The highest BCUT2D eigenvalue weighted by atomic mass is 31.2. The summed E-state index contributed by atoms with van der Waals surface area (Å²) in [5.41, 5.74) is 0. The highest BCUT2D eigenvalue weighted by molar-refractivity contribution is 7.52. The number of rotatable bonds is 10. The Labute approximate surface area is 181 Å². The van der Waals surface area contributed by atoms with E-state index in [1.54, 1.807) is 13.0 Å². The molecule has 0 aromatic heterocycles. The maximum atomic E-state index is 14.1. The lowest BCUT2D eigenvalue weighted by Crippen LogP contribution is -2.37. The summed E-state index contributed by atoms with van der Waals surface area (Å²) in [6.45, 7) is 4.69. The number of hydrogen-bond acceptors (Lipinski definition) is 5. The third-order valence-electron chi connectivity index (χ3n) is 4.07. The maximum Gasteiger partial charge on any atom is 0.513 e. The van der Waals surface area contributed by atoms with Gasteiger partial charge in [-0.1, -0.05) is 31.5 Å². The molecule has 12 heteroatoms. The van der Waals surface area contributed by atoms with E-state index < -0.39 is 60.7 Å². The Kier molecular flexibility index (Phi) is 8.63. The average Bonchev–Trinajstić information content (AvgIpc) is 2.74. The van der Waals surface area contributed by atoms with Gasteiger partial charge in [-0.2, -0.15) is 13.9 Å². The molecule has 3 atom stereocenters. The molecule has 2 aromatic rings. The number of esters is 1. The number of para-hydroxylation sites is 1. The van der Waals surface area contributed by atoms with Crippen molar-refractivity contribution in [1.29, 1.82) is 0 Å². The lowest BCUT2D eigenvalue weighted by molar-refractivity contribution is -0.150. The van der Waals surface area contributed by atoms with Crippen LogP contribution in [-0.4, -0.2) is 18.1 Å². The van der Waals surface area contributed by atoms with Gasteiger partial charge in [-0.25, -0.2) is 17.7 Å². The fourth-order valence-corrected chi connectivity index (χ4v) is 4.05. The third-order valence-corrected chi connectivity index (χ3v) is 5.65. The molecule has 1 N–H and O–H groups in total. The lowest BCUT2D eigenvalue weighted by Gasteiger charge is -2.24. The highest BCUT2D eigenvalue weighted by Gasteiger charge is 2.38. The summed E-state index contributed by atoms with van der Waals surface area (Å²) in [7, 11) is -4.93. The van der Waals surface area contributed by atoms with Crippen LogP contribution < -0.4 is 14.1 Å². The van der Waals surface area contributed by atoms with Gasteiger partial charge in [-0.15, -0.1) is 0 Å². The van der Waals surface area contributed by atoms with E-state index in [0.717, 1.165) is 6.42 Å². The quantitative estimate of drug-likeness (QED) is 0.155. The zero-order chi connectivity index (χ0) is 24.1. The van der Waals surface area contributed by atoms with Gasteiger partial charge in [0.2, 0.25) is 34.8 Å². The molecule has 2 rings (SSSR count). The summed E-state index contributed by atoms with van der Waals surface area (Å²) in [6, 6.07) is 5.69. The number of hydrogen-bond donors (Lipinski definition) is 1. The van der Waals surface area contributed by atoms with E-state index in [0.29, 0.717) is 6.42 Å². The molecule has 0 fully saturated rings. The number of carbonyl (C=O) groups excluding carboxylic acids is 1. The van der Waals surface area contributed by atoms with Crippen molar-refractivity contribution < 1.29 is 45.1 Å². The lowest BCUT2D eigenvalue weighted by atomic mass is 10.2. The molecule has 2 aromatic carbocycles. The summed E-state index contributed by atoms with van der Waals surface area (Å²) >= 11 is 0. The SMILES string of the molecule is CCCC(C)OC(=O)C(C)N[P@](=O)(Oc1ccccc1)Oc1c(F)c(F)c(F)c(F)c1F. The van der Waals surface area contributed by atoms with E-state index >= 15 is 0 Å². The molecule has 0 spiro atoms. The van der Waals surface area contributed by atoms with Crippen LogP contribution in [0, 0.1) is 29.1 Å². The van der Waals surface area contributed by atoms with Gasteiger partial charge in [-0.3, -0.25) is 4.79 Å². The molecular formula is C20H21F5NO5P. The minimum Gasteiger partial charge on any atom is -0.462 e. The molecule has 0 saturated heterocycles. The molecule has 0 heterocycles. The van der Waals surface area contributed by atoms with E-state index in [2.05, 4.69) is 9.61 Å². The van der Waals surface area contributed by atoms with Gasteiger partial charge in [0.05, 0.1) is 6.10 Å². The van der Waals surface area contributed by atoms with Crippen LogP contribution in [0.4, 0.5) is 22.0 Å². The first-order valence-electron chi connectivity index (χ1n) is 9.53. The molecule has 0 aliphatic heterocycles. The van der Waals surface area contributed by atoms with Crippen molar-refractivity contribution in [2.75, 3.05) is 0 Å². The fraction of sp³-hybridized carbons (Fsp3) is 0.350. The first-order valence-corrected chi connectivity index (χ1v) is 11.1. The van der Waals surface area contributed by atoms with E-state index in [-0.39, 0.29) is 5.75 Å². The summed E-state index contributed by atoms with van der Waals surface area (Å²) in [5.74, 6) is -14.6. The maximum absolute atomic E-state index is 14.1. The van der Waals surface area contributed by atoms with Gasteiger partial charge in [-0.05, 0) is 32.4 Å². The van der Waals surface area contributed by atoms with E-state index in [1.807, 2.05) is 6.92 Å². The average molecular weight is 481 g/mol. The molecule has 0 radical (unpaired) electrons. The smallest absolute Gasteiger partial charge is 0.462 e. The van der Waals surface area contributed by atoms with Crippen LogP contribution in [0.1, 0.15) is 33.6 Å². The summed E-state index contributed by atoms with van der Waals surface area (Å²) in [6.07, 6.45) is 0.773. The third kappa shape index (κ3) is 6.20. The number of carbonyl (C=O) groups is 1. The van der Waals surface area contributed by atoms with E-state index in [4.69, 9.17) is 9.26 Å². The van der Waals surface area contributed by atoms with E-state index in [9.17, 15) is 31.3 Å². The van der Waals surface area contributed by atoms with E-state index in [1.165, 1.54) is 31.2 Å². The van der Waals surface area contributed by atoms with Crippen molar-refractivity contribution in [2.45, 2.75) is 45.8 Å². The van der Waals surface area contributed by atoms with Crippen LogP contribution in [0.2, 0.25) is 0 Å². The number of ether oxygens (including phenoxy) is 1. The first kappa shape index (κ1) is 25.6. The Hall–Kier alpha value is -2.65. The molecule has 32 heavy (non-hydrogen) atoms. The van der Waals surface area contributed by atoms with Crippen LogP contribution in [0.3, 0.4) is 0 Å². The van der Waals surface area contributed by atoms with Crippen LogP contribution >= 0.6 is 7.75 Å². The summed E-state index contributed by atoms with van der Waals surface area (Å²) in [5, 5.41) is 2.11. The van der Waals surface area contributed by atoms with Crippen LogP contribution in [0.5, 0.6) is 11.5 Å². The van der Waals surface area contributed by atoms with Crippen molar-refractivity contribution in [2.24, 2.45) is 0 Å². The van der Waals surface area contributed by atoms with Gasteiger partial charge < -0.3 is 13.8 Å². The minimum atomic E-state index is -4.93. The highest BCUT2D eigenvalue weighted by Crippen LogP contribution is 2.47. The van der Waals surface area contributed by atoms with Gasteiger partial charge in [0, 0.05) is 0 Å². The van der Waals surface area contributed by atoms with Crippen LogP contribution in [0.15, 0.2) is 30.3 Å². The molecule has 0 saturated carbocycles. The van der Waals surface area contributed by atoms with Crippen molar-refractivity contribution in [3.63, 3.8) is 0 Å². The van der Waals surface area contributed by atoms with Crippen molar-refractivity contribution in [1.82, 2.24) is 5.09 Å². The molecule has 2 unspecified atom stereocenters. The van der Waals surface area contributed by atoms with Crippen LogP contribution in [-0.2, 0) is 14.1 Å². The van der Waals surface area contributed by atoms with Gasteiger partial charge in [0.1, 0.15) is 11.8 Å². The van der Waals surface area contributed by atoms with Crippen molar-refractivity contribution in [3.8, 4) is 11.5 Å². The van der Waals surface area contributed by atoms with Gasteiger partial charge in [0.15, 0.2) is 0 Å². The number of halogens is 5. The largest absolute Gasteiger partial charge is 0.513 e. The predicted octanol–water partition coefficient (Wildman–Crippen LogP) is 5.66. The van der Waals surface area contributed by atoms with Gasteiger partial charge >= 0.3 is 13.7 Å². The Morgan fingerprint density at radius 3 is 2.00 bits per heavy atom. The second kappa shape index (κ2) is 10.8. The Morgan fingerprint density at radius 1 is 0.938 bits per heavy atom. The second-order valence-corrected chi connectivity index (χ2v) is 8.40. The molecule has 0 aliphatic rings. The zero-order valence-electron chi connectivity index (χ0n) is 17.3. The predicted molar refractivity (Wildman–Crippen MR) is 105 cm³/mol. The Morgan fingerprint density at radius 2 is 1.47 bits per heavy atom. The molecular weight excluding hydrogens is 460 g/mol. The molecule has 176 valence electrons. The standard InChI is InChI=1S/C20H21F5NO5P/c1-4-8-11(2)29-20(27)12(3)26-32(28,30-13-9-6-5-7-10-13)31-19-17(24)15(22)14(21)16(23)18(19)25/h5-7,9-12H,4,8H2,1-3H3,(H,26,28)/t11?,12?,32-/m0/s1. The Balaban J connectivity index is 2.39. The second-order valence-electron chi connectivity index (χ2n) is 6.78. The molecule has 0 aliphatic carbocycles. The van der Waals surface area contributed by atoms with Crippen molar-refractivity contribution in [3.05, 3.63) is 59.4 Å². The monoisotopic (exact) mass is 481 g/mol. The number of benzene rings is 2. The minimum absolute atomic E-state index is 0.132. The van der Waals surface area contributed by atoms with Gasteiger partial charge in [0.25, 0.3) is 0 Å². The van der Waals surface area contributed by atoms with Crippen molar-refractivity contribution >= 4 is 13.7 Å². The van der Waals surface area contributed by atoms with Crippen LogP contribution in [0.25, 0.3) is 0 Å². The first-order chi connectivity index (χ1) is 15.0. The zero-order valence-corrected chi connectivity index (χ0v) is 18.2. The fourth-order valence-electron chi connectivity index (χ4n) is 2.53. The topological polar surface area (TPSA) is 73.9 Å². The molecule has 6 nitrogen and oxygen atoms in total.